The van der Waals surface area contributed by atoms with Crippen LogP contribution in [0.1, 0.15) is 44.4 Å². The van der Waals surface area contributed by atoms with Gasteiger partial charge in [0.1, 0.15) is 0 Å². The van der Waals surface area contributed by atoms with E-state index in [0.717, 1.165) is 22.3 Å². The van der Waals surface area contributed by atoms with E-state index in [1.165, 1.54) is 6.92 Å². The normalized spacial score (nSPS) is 21.3. The third-order valence-electron chi connectivity index (χ3n) is 6.65. The Hall–Kier alpha value is -3.26. The summed E-state index contributed by atoms with van der Waals surface area (Å²) in [5.74, 6) is 1.46. The molecule has 2 aromatic rings. The Kier molecular flexibility index (Phi) is 7.21. The lowest BCUT2D eigenvalue weighted by molar-refractivity contribution is -0.119. The van der Waals surface area contributed by atoms with Gasteiger partial charge in [-0.25, -0.2) is 0 Å². The summed E-state index contributed by atoms with van der Waals surface area (Å²) in [7, 11) is 4.76. The SMILES string of the molecule is COc1cc2c(c(OC)c1OC)-c1ccc(N3C[C@H](C)O[C@@H](C)C3)c(=O)cc1[C@@H](NC(C)=O)CC2. The summed E-state index contributed by atoms with van der Waals surface area (Å²) in [6.45, 7) is 6.79. The molecule has 0 bridgehead atoms. The molecule has 2 aromatic carbocycles. The number of nitrogens with one attached hydrogen (secondary N) is 1. The minimum Gasteiger partial charge on any atom is -0.493 e. The van der Waals surface area contributed by atoms with Gasteiger partial charge >= 0.3 is 0 Å². The van der Waals surface area contributed by atoms with Crippen LogP contribution in [0.25, 0.3) is 11.1 Å². The van der Waals surface area contributed by atoms with E-state index in [1.54, 1.807) is 27.4 Å². The van der Waals surface area contributed by atoms with E-state index in [2.05, 4.69) is 10.2 Å². The summed E-state index contributed by atoms with van der Waals surface area (Å²) in [5.41, 5.74) is 3.95. The number of aryl methyl sites for hydroxylation is 1. The van der Waals surface area contributed by atoms with Crippen LogP contribution in [-0.2, 0) is 16.0 Å². The molecule has 1 amide bonds. The molecule has 0 spiro atoms. The Labute approximate surface area is 206 Å². The molecule has 0 aromatic heterocycles. The molecule has 4 rings (SSSR count). The Morgan fingerprint density at radius 2 is 1.71 bits per heavy atom. The van der Waals surface area contributed by atoms with Gasteiger partial charge in [-0.05, 0) is 61.6 Å². The molecule has 188 valence electrons. The second-order valence-electron chi connectivity index (χ2n) is 9.23. The summed E-state index contributed by atoms with van der Waals surface area (Å²) in [6, 6.07) is 7.13. The minimum atomic E-state index is -0.327. The van der Waals surface area contributed by atoms with Crippen LogP contribution < -0.4 is 29.9 Å². The fraction of sp³-hybridized carbons (Fsp3) is 0.481. The van der Waals surface area contributed by atoms with Gasteiger partial charge in [0, 0.05) is 25.6 Å². The molecule has 1 aliphatic carbocycles. The molecule has 1 fully saturated rings. The van der Waals surface area contributed by atoms with Gasteiger partial charge in [0.25, 0.3) is 0 Å². The first-order chi connectivity index (χ1) is 16.8. The van der Waals surface area contributed by atoms with Crippen molar-refractivity contribution in [1.29, 1.82) is 0 Å². The standard InChI is InChI=1S/C27H34N2O6/c1-15-13-29(14-16(2)35-15)22-10-8-19-20(12-23(22)31)21(28-17(3)30)9-7-18-11-24(32-4)26(33-5)27(34-6)25(18)19/h8,10-12,15-16,21H,7,9,13-14H2,1-6H3,(H,28,30)/t15-,16-,21-/m0/s1. The molecular formula is C27H34N2O6. The van der Waals surface area contributed by atoms with Crippen LogP contribution in [0.4, 0.5) is 5.69 Å². The second-order valence-corrected chi connectivity index (χ2v) is 9.23. The molecule has 35 heavy (non-hydrogen) atoms. The molecule has 8 heteroatoms. The maximum absolute atomic E-state index is 13.6. The smallest absolute Gasteiger partial charge is 0.217 e. The number of hydrogen-bond donors (Lipinski definition) is 1. The lowest BCUT2D eigenvalue weighted by Crippen LogP contribution is -2.46. The van der Waals surface area contributed by atoms with E-state index in [4.69, 9.17) is 18.9 Å². The zero-order chi connectivity index (χ0) is 25.3. The van der Waals surface area contributed by atoms with Gasteiger partial charge in [0.2, 0.25) is 17.1 Å². The molecule has 3 atom stereocenters. The van der Waals surface area contributed by atoms with Crippen molar-refractivity contribution in [3.8, 4) is 28.4 Å². The second kappa shape index (κ2) is 10.2. The number of nitrogens with zero attached hydrogens (tertiary/aromatic N) is 1. The number of benzene rings is 1. The van der Waals surface area contributed by atoms with Crippen molar-refractivity contribution < 1.29 is 23.7 Å². The number of methoxy groups -OCH3 is 3. The van der Waals surface area contributed by atoms with Crippen molar-refractivity contribution in [2.75, 3.05) is 39.3 Å². The molecule has 8 nitrogen and oxygen atoms in total. The van der Waals surface area contributed by atoms with Crippen LogP contribution >= 0.6 is 0 Å². The molecule has 0 saturated carbocycles. The van der Waals surface area contributed by atoms with Crippen LogP contribution in [0.2, 0.25) is 0 Å². The average molecular weight is 483 g/mol. The predicted molar refractivity (Wildman–Crippen MR) is 135 cm³/mol. The zero-order valence-electron chi connectivity index (χ0n) is 21.3. The molecule has 1 heterocycles. The predicted octanol–water partition coefficient (Wildman–Crippen LogP) is 3.48. The molecule has 1 N–H and O–H groups in total. The largest absolute Gasteiger partial charge is 0.493 e. The fourth-order valence-corrected chi connectivity index (χ4v) is 5.34. The number of rotatable bonds is 5. The van der Waals surface area contributed by atoms with Gasteiger partial charge < -0.3 is 29.2 Å². The zero-order valence-corrected chi connectivity index (χ0v) is 21.3. The van der Waals surface area contributed by atoms with Crippen LogP contribution in [0.5, 0.6) is 17.2 Å². The molecule has 1 saturated heterocycles. The Balaban J connectivity index is 1.99. The first kappa shape index (κ1) is 24.9. The van der Waals surface area contributed by atoms with Crippen molar-refractivity contribution in [3.05, 3.63) is 45.6 Å². The quantitative estimate of drug-likeness (QED) is 0.698. The van der Waals surface area contributed by atoms with E-state index in [0.29, 0.717) is 48.9 Å². The topological polar surface area (TPSA) is 86.3 Å². The van der Waals surface area contributed by atoms with Crippen LogP contribution in [0, 0.1) is 0 Å². The van der Waals surface area contributed by atoms with Crippen molar-refractivity contribution >= 4 is 11.6 Å². The van der Waals surface area contributed by atoms with Gasteiger partial charge in [0.15, 0.2) is 11.5 Å². The van der Waals surface area contributed by atoms with E-state index >= 15 is 0 Å². The number of morpholine rings is 1. The summed E-state index contributed by atoms with van der Waals surface area (Å²) in [5, 5.41) is 3.05. The van der Waals surface area contributed by atoms with Gasteiger partial charge in [-0.15, -0.1) is 0 Å². The third kappa shape index (κ3) is 4.80. The number of fused-ring (bicyclic) bond motifs is 3. The summed E-state index contributed by atoms with van der Waals surface area (Å²) < 4.78 is 22.9. The number of amides is 1. The first-order valence-electron chi connectivity index (χ1n) is 11.9. The van der Waals surface area contributed by atoms with Gasteiger partial charge in [-0.2, -0.15) is 0 Å². The fourth-order valence-electron chi connectivity index (χ4n) is 5.34. The van der Waals surface area contributed by atoms with Crippen molar-refractivity contribution in [3.63, 3.8) is 0 Å². The summed E-state index contributed by atoms with van der Waals surface area (Å²) >= 11 is 0. The summed E-state index contributed by atoms with van der Waals surface area (Å²) in [6.07, 6.45) is 1.33. The maximum Gasteiger partial charge on any atom is 0.217 e. The van der Waals surface area contributed by atoms with E-state index < -0.39 is 0 Å². The van der Waals surface area contributed by atoms with Gasteiger partial charge in [-0.1, -0.05) is 6.07 Å². The van der Waals surface area contributed by atoms with Crippen molar-refractivity contribution in [2.45, 2.75) is 51.9 Å². The highest BCUT2D eigenvalue weighted by Crippen LogP contribution is 2.50. The van der Waals surface area contributed by atoms with Crippen molar-refractivity contribution in [2.24, 2.45) is 0 Å². The van der Waals surface area contributed by atoms with E-state index in [9.17, 15) is 9.59 Å². The molecule has 2 aliphatic rings. The maximum atomic E-state index is 13.6. The number of ether oxygens (including phenoxy) is 4. The van der Waals surface area contributed by atoms with Crippen LogP contribution in [0.15, 0.2) is 29.1 Å². The molecule has 1 aliphatic heterocycles. The highest BCUT2D eigenvalue weighted by molar-refractivity contribution is 5.83. The highest BCUT2D eigenvalue weighted by Gasteiger charge is 2.30. The number of carbonyl (C=O) groups is 1. The molecule has 0 unspecified atom stereocenters. The van der Waals surface area contributed by atoms with Crippen LogP contribution in [0.3, 0.4) is 0 Å². The Morgan fingerprint density at radius 1 is 1.03 bits per heavy atom. The molecule has 0 radical (unpaired) electrons. The summed E-state index contributed by atoms with van der Waals surface area (Å²) in [4.78, 5) is 27.8. The minimum absolute atomic E-state index is 0.0196. The van der Waals surface area contributed by atoms with E-state index in [-0.39, 0.29) is 29.6 Å². The van der Waals surface area contributed by atoms with E-state index in [1.807, 2.05) is 32.0 Å². The average Bonchev–Trinajstić information content (AvgIpc) is 3.05. The highest BCUT2D eigenvalue weighted by atomic mass is 16.5. The number of hydrogen-bond acceptors (Lipinski definition) is 7. The van der Waals surface area contributed by atoms with Gasteiger partial charge in [-0.3, -0.25) is 9.59 Å². The third-order valence-corrected chi connectivity index (χ3v) is 6.65. The van der Waals surface area contributed by atoms with Gasteiger partial charge in [0.05, 0.1) is 45.3 Å². The Bertz CT molecular complexity index is 1170. The number of anilines is 1. The first-order valence-corrected chi connectivity index (χ1v) is 11.9. The lowest BCUT2D eigenvalue weighted by Gasteiger charge is -2.36. The molecular weight excluding hydrogens is 448 g/mol. The van der Waals surface area contributed by atoms with Crippen LogP contribution in [-0.4, -0.2) is 52.5 Å². The lowest BCUT2D eigenvalue weighted by atomic mass is 9.95. The van der Waals surface area contributed by atoms with Crippen molar-refractivity contribution in [1.82, 2.24) is 5.32 Å². The monoisotopic (exact) mass is 482 g/mol. The Morgan fingerprint density at radius 3 is 2.31 bits per heavy atom. The number of carbonyl (C=O) groups excluding carboxylic acids is 1.